The molecule has 1 amide bonds. The number of carbonyl (C=O) groups excluding carboxylic acids is 1. The van der Waals surface area contributed by atoms with Gasteiger partial charge in [-0.2, -0.15) is 0 Å². The van der Waals surface area contributed by atoms with E-state index in [1.807, 2.05) is 29.2 Å². The first-order valence-corrected chi connectivity index (χ1v) is 10.6. The molecular weight excluding hydrogens is 422 g/mol. The summed E-state index contributed by atoms with van der Waals surface area (Å²) in [5.41, 5.74) is 3.28. The molecular formula is C22H20BrNO4. The van der Waals surface area contributed by atoms with Gasteiger partial charge in [-0.25, -0.2) is 0 Å². The second kappa shape index (κ2) is 5.97. The topological polar surface area (TPSA) is 48.0 Å². The lowest BCUT2D eigenvalue weighted by molar-refractivity contribution is -0.122. The van der Waals surface area contributed by atoms with Crippen molar-refractivity contribution < 1.29 is 19.0 Å². The molecule has 2 aromatic rings. The fourth-order valence-electron chi connectivity index (χ4n) is 5.09. The van der Waals surface area contributed by atoms with Crippen molar-refractivity contribution in [2.24, 2.45) is 0 Å². The molecule has 4 heterocycles. The predicted molar refractivity (Wildman–Crippen MR) is 107 cm³/mol. The molecule has 6 heteroatoms. The summed E-state index contributed by atoms with van der Waals surface area (Å²) in [6.45, 7) is 2.38. The average Bonchev–Trinajstić information content (AvgIpc) is 3.46. The van der Waals surface area contributed by atoms with E-state index in [-0.39, 0.29) is 12.0 Å². The number of carbonyl (C=O) groups is 1. The van der Waals surface area contributed by atoms with Crippen molar-refractivity contribution in [3.05, 3.63) is 51.5 Å². The van der Waals surface area contributed by atoms with Crippen molar-refractivity contribution in [1.82, 2.24) is 0 Å². The summed E-state index contributed by atoms with van der Waals surface area (Å²) in [6, 6.07) is 10.1. The Morgan fingerprint density at radius 1 is 1.18 bits per heavy atom. The minimum Gasteiger partial charge on any atom is -0.493 e. The lowest BCUT2D eigenvalue weighted by Crippen LogP contribution is -2.45. The van der Waals surface area contributed by atoms with Crippen LogP contribution in [0.3, 0.4) is 0 Å². The normalized spacial score (nSPS) is 27.0. The maximum Gasteiger partial charge on any atom is 0.245 e. The summed E-state index contributed by atoms with van der Waals surface area (Å²) in [6.07, 6.45) is 3.02. The maximum absolute atomic E-state index is 13.9. The van der Waals surface area contributed by atoms with E-state index in [4.69, 9.17) is 14.2 Å². The molecule has 2 aromatic carbocycles. The highest BCUT2D eigenvalue weighted by molar-refractivity contribution is 9.10. The molecule has 0 saturated carbocycles. The molecule has 1 spiro atoms. The van der Waals surface area contributed by atoms with Crippen molar-refractivity contribution in [3.63, 3.8) is 0 Å². The Morgan fingerprint density at radius 2 is 2.11 bits per heavy atom. The van der Waals surface area contributed by atoms with Crippen LogP contribution in [0.25, 0.3) is 0 Å². The quantitative estimate of drug-likeness (QED) is 0.714. The number of hydrogen-bond donors (Lipinski definition) is 0. The van der Waals surface area contributed by atoms with E-state index in [0.717, 1.165) is 64.2 Å². The fourth-order valence-corrected chi connectivity index (χ4v) is 5.78. The maximum atomic E-state index is 13.9. The van der Waals surface area contributed by atoms with Gasteiger partial charge in [0.25, 0.3) is 0 Å². The predicted octanol–water partition coefficient (Wildman–Crippen LogP) is 3.59. The number of anilines is 1. The first kappa shape index (κ1) is 16.9. The van der Waals surface area contributed by atoms with Crippen molar-refractivity contribution in [3.8, 4) is 11.5 Å². The van der Waals surface area contributed by atoms with Gasteiger partial charge < -0.3 is 19.1 Å². The zero-order chi connectivity index (χ0) is 18.9. The van der Waals surface area contributed by atoms with Crippen LogP contribution in [0.15, 0.2) is 34.8 Å². The van der Waals surface area contributed by atoms with E-state index in [1.54, 1.807) is 0 Å². The number of rotatable bonds is 2. The van der Waals surface area contributed by atoms with E-state index in [9.17, 15) is 4.79 Å². The minimum atomic E-state index is -0.805. The third-order valence-corrected chi connectivity index (χ3v) is 7.09. The SMILES string of the molecule is O=C1N(C[C@H]2CCCO2)c2cccc(Br)c2C12COc1cc3c(cc12)CCO3. The Balaban J connectivity index is 1.53. The molecule has 1 fully saturated rings. The highest BCUT2D eigenvalue weighted by atomic mass is 79.9. The third kappa shape index (κ3) is 2.13. The second-order valence-electron chi connectivity index (χ2n) is 7.93. The van der Waals surface area contributed by atoms with Crippen LogP contribution in [0.5, 0.6) is 11.5 Å². The van der Waals surface area contributed by atoms with Crippen LogP contribution in [0.2, 0.25) is 0 Å². The summed E-state index contributed by atoms with van der Waals surface area (Å²) < 4.78 is 18.6. The molecule has 28 heavy (non-hydrogen) atoms. The Morgan fingerprint density at radius 3 is 2.96 bits per heavy atom. The molecule has 1 saturated heterocycles. The number of hydrogen-bond acceptors (Lipinski definition) is 4. The van der Waals surface area contributed by atoms with Gasteiger partial charge in [-0.3, -0.25) is 4.79 Å². The summed E-state index contributed by atoms with van der Waals surface area (Å²) in [5, 5.41) is 0. The first-order chi connectivity index (χ1) is 13.7. The molecule has 0 bridgehead atoms. The summed E-state index contributed by atoms with van der Waals surface area (Å²) in [4.78, 5) is 15.8. The van der Waals surface area contributed by atoms with Crippen molar-refractivity contribution in [1.29, 1.82) is 0 Å². The van der Waals surface area contributed by atoms with E-state index >= 15 is 0 Å². The monoisotopic (exact) mass is 441 g/mol. The highest BCUT2D eigenvalue weighted by Gasteiger charge is 2.58. The molecule has 0 N–H and O–H groups in total. The van der Waals surface area contributed by atoms with Gasteiger partial charge >= 0.3 is 0 Å². The molecule has 0 aromatic heterocycles. The zero-order valence-electron chi connectivity index (χ0n) is 15.4. The summed E-state index contributed by atoms with van der Waals surface area (Å²) >= 11 is 3.72. The molecule has 6 rings (SSSR count). The van der Waals surface area contributed by atoms with Gasteiger partial charge in [0.2, 0.25) is 5.91 Å². The van der Waals surface area contributed by atoms with Crippen LogP contribution < -0.4 is 14.4 Å². The fraction of sp³-hybridized carbons (Fsp3) is 0.409. The molecule has 144 valence electrons. The molecule has 0 radical (unpaired) electrons. The molecule has 1 unspecified atom stereocenters. The lowest BCUT2D eigenvalue weighted by Gasteiger charge is -2.25. The molecule has 0 aliphatic carbocycles. The summed E-state index contributed by atoms with van der Waals surface area (Å²) in [5.74, 6) is 1.72. The zero-order valence-corrected chi connectivity index (χ0v) is 17.0. The Hall–Kier alpha value is -2.05. The molecule has 4 aliphatic rings. The van der Waals surface area contributed by atoms with Crippen LogP contribution in [0.1, 0.15) is 29.5 Å². The minimum absolute atomic E-state index is 0.0857. The van der Waals surface area contributed by atoms with Gasteiger partial charge in [0.05, 0.1) is 19.3 Å². The average molecular weight is 442 g/mol. The largest absolute Gasteiger partial charge is 0.493 e. The standard InChI is InChI=1S/C22H20BrNO4/c23-16-4-1-5-17-20(16)22(21(25)24(17)11-14-3-2-7-26-14)12-28-19-10-18-13(6-8-27-18)9-15(19)22/h1,4-5,9-10,14H,2-3,6-8,11-12H2/t14-,22?/m1/s1. The molecule has 5 nitrogen and oxygen atoms in total. The number of ether oxygens (including phenoxy) is 3. The molecule has 2 atom stereocenters. The first-order valence-electron chi connectivity index (χ1n) is 9.84. The number of halogens is 1. The van der Waals surface area contributed by atoms with Crippen LogP contribution in [0, 0.1) is 0 Å². The smallest absolute Gasteiger partial charge is 0.245 e. The Bertz CT molecular complexity index is 1000. The van der Waals surface area contributed by atoms with Crippen molar-refractivity contribution in [2.45, 2.75) is 30.8 Å². The number of nitrogens with zero attached hydrogens (tertiary/aromatic N) is 1. The van der Waals surface area contributed by atoms with Gasteiger partial charge in [-0.1, -0.05) is 22.0 Å². The third-order valence-electron chi connectivity index (χ3n) is 6.43. The Kier molecular flexibility index (Phi) is 3.60. The van der Waals surface area contributed by atoms with Gasteiger partial charge in [0, 0.05) is 40.4 Å². The van der Waals surface area contributed by atoms with Crippen molar-refractivity contribution >= 4 is 27.5 Å². The Labute approximate surface area is 171 Å². The number of amides is 1. The van der Waals surface area contributed by atoms with Crippen LogP contribution in [-0.2, 0) is 21.4 Å². The van der Waals surface area contributed by atoms with E-state index < -0.39 is 5.41 Å². The number of fused-ring (bicyclic) bond motifs is 5. The summed E-state index contributed by atoms with van der Waals surface area (Å²) in [7, 11) is 0. The van der Waals surface area contributed by atoms with Crippen LogP contribution in [0.4, 0.5) is 5.69 Å². The number of benzene rings is 2. The van der Waals surface area contributed by atoms with Gasteiger partial charge in [-0.15, -0.1) is 0 Å². The van der Waals surface area contributed by atoms with Crippen LogP contribution in [-0.4, -0.2) is 38.4 Å². The van der Waals surface area contributed by atoms with Gasteiger partial charge in [0.15, 0.2) is 0 Å². The lowest BCUT2D eigenvalue weighted by atomic mass is 9.76. The van der Waals surface area contributed by atoms with E-state index in [2.05, 4.69) is 22.0 Å². The van der Waals surface area contributed by atoms with Crippen molar-refractivity contribution in [2.75, 3.05) is 31.3 Å². The van der Waals surface area contributed by atoms with Crippen LogP contribution >= 0.6 is 15.9 Å². The molecule has 4 aliphatic heterocycles. The van der Waals surface area contributed by atoms with Gasteiger partial charge in [-0.05, 0) is 36.6 Å². The van der Waals surface area contributed by atoms with E-state index in [1.165, 1.54) is 0 Å². The van der Waals surface area contributed by atoms with E-state index in [0.29, 0.717) is 19.8 Å². The second-order valence-corrected chi connectivity index (χ2v) is 8.79. The highest BCUT2D eigenvalue weighted by Crippen LogP contribution is 2.55. The van der Waals surface area contributed by atoms with Gasteiger partial charge in [0.1, 0.15) is 23.5 Å².